The van der Waals surface area contributed by atoms with Crippen LogP contribution in [0, 0.1) is 16.7 Å². The maximum absolute atomic E-state index is 12.1. The first-order valence-corrected chi connectivity index (χ1v) is 7.33. The number of nitrogens with one attached hydrogen (secondary N) is 1. The number of carbonyl (C=O) groups excluding carboxylic acids is 1. The maximum Gasteiger partial charge on any atom is 0.225 e. The van der Waals surface area contributed by atoms with Gasteiger partial charge in [-0.05, 0) is 24.2 Å². The Morgan fingerprint density at radius 3 is 2.06 bits per heavy atom. The predicted octanol–water partition coefficient (Wildman–Crippen LogP) is 4.39. The lowest BCUT2D eigenvalue weighted by molar-refractivity contribution is -0.130. The summed E-state index contributed by atoms with van der Waals surface area (Å²) in [5.74, 6) is 0.958. The Balaban J connectivity index is 3.94. The molecule has 0 radical (unpaired) electrons. The topological polar surface area (TPSA) is 29.1 Å². The van der Waals surface area contributed by atoms with Crippen LogP contribution in [0.4, 0.5) is 0 Å². The fourth-order valence-corrected chi connectivity index (χ4v) is 2.52. The number of unbranched alkanes of at least 4 members (excludes halogenated alkanes) is 1. The van der Waals surface area contributed by atoms with Crippen molar-refractivity contribution in [1.29, 1.82) is 0 Å². The summed E-state index contributed by atoms with van der Waals surface area (Å²) in [6.07, 6.45) is 4.46. The van der Waals surface area contributed by atoms with Crippen LogP contribution in [0.25, 0.3) is 0 Å². The predicted molar refractivity (Wildman–Crippen MR) is 79.6 cm³/mol. The minimum Gasteiger partial charge on any atom is -0.356 e. The molecule has 0 aliphatic carbocycles. The van der Waals surface area contributed by atoms with Gasteiger partial charge in [0.15, 0.2) is 0 Å². The molecule has 2 heteroatoms. The lowest BCUT2D eigenvalue weighted by Gasteiger charge is -2.31. The third-order valence-corrected chi connectivity index (χ3v) is 3.08. The molecule has 0 spiro atoms. The Labute approximate surface area is 114 Å². The van der Waals surface area contributed by atoms with E-state index in [0.29, 0.717) is 0 Å². The van der Waals surface area contributed by atoms with Crippen LogP contribution < -0.4 is 5.32 Å². The zero-order valence-electron chi connectivity index (χ0n) is 13.5. The first-order valence-electron chi connectivity index (χ1n) is 7.33. The van der Waals surface area contributed by atoms with Crippen molar-refractivity contribution in [3.05, 3.63) is 0 Å². The standard InChI is InChI=1S/C16H33NO/c1-13(2)10-8-9-11-17-14(18)16(6,7)12-15(3,4)5/h13H,8-12H2,1-7H3,(H,17,18). The number of hydrogen-bond acceptors (Lipinski definition) is 1. The van der Waals surface area contributed by atoms with Gasteiger partial charge in [0.05, 0.1) is 0 Å². The lowest BCUT2D eigenvalue weighted by Crippen LogP contribution is -2.39. The Morgan fingerprint density at radius 2 is 1.61 bits per heavy atom. The van der Waals surface area contributed by atoms with E-state index in [2.05, 4.69) is 39.9 Å². The highest BCUT2D eigenvalue weighted by Gasteiger charge is 2.31. The summed E-state index contributed by atoms with van der Waals surface area (Å²) >= 11 is 0. The van der Waals surface area contributed by atoms with Gasteiger partial charge in [0.25, 0.3) is 0 Å². The number of hydrogen-bond donors (Lipinski definition) is 1. The molecular weight excluding hydrogens is 222 g/mol. The molecule has 0 aromatic heterocycles. The summed E-state index contributed by atoms with van der Waals surface area (Å²) < 4.78 is 0. The molecule has 1 amide bonds. The van der Waals surface area contributed by atoms with Gasteiger partial charge in [-0.2, -0.15) is 0 Å². The van der Waals surface area contributed by atoms with E-state index in [-0.39, 0.29) is 16.7 Å². The monoisotopic (exact) mass is 255 g/mol. The van der Waals surface area contributed by atoms with Crippen LogP contribution in [0.1, 0.15) is 74.1 Å². The van der Waals surface area contributed by atoms with Crippen molar-refractivity contribution in [2.45, 2.75) is 74.1 Å². The molecule has 0 aromatic carbocycles. The summed E-state index contributed by atoms with van der Waals surface area (Å²) in [6.45, 7) is 15.9. The van der Waals surface area contributed by atoms with Gasteiger partial charge in [0.2, 0.25) is 5.91 Å². The Kier molecular flexibility index (Phi) is 6.94. The van der Waals surface area contributed by atoms with E-state index >= 15 is 0 Å². The molecule has 0 saturated carbocycles. The van der Waals surface area contributed by atoms with Crippen LogP contribution >= 0.6 is 0 Å². The van der Waals surface area contributed by atoms with E-state index < -0.39 is 0 Å². The summed E-state index contributed by atoms with van der Waals surface area (Å²) in [5, 5.41) is 3.08. The molecule has 0 fully saturated rings. The van der Waals surface area contributed by atoms with E-state index in [4.69, 9.17) is 0 Å². The third-order valence-electron chi connectivity index (χ3n) is 3.08. The van der Waals surface area contributed by atoms with Crippen molar-refractivity contribution in [3.8, 4) is 0 Å². The quantitative estimate of drug-likeness (QED) is 0.672. The summed E-state index contributed by atoms with van der Waals surface area (Å²) in [4.78, 5) is 12.1. The molecule has 0 aliphatic heterocycles. The van der Waals surface area contributed by atoms with Gasteiger partial charge in [-0.25, -0.2) is 0 Å². The summed E-state index contributed by atoms with van der Waals surface area (Å²) in [5.41, 5.74) is -0.0746. The van der Waals surface area contributed by atoms with E-state index in [1.54, 1.807) is 0 Å². The Morgan fingerprint density at radius 1 is 1.06 bits per heavy atom. The van der Waals surface area contributed by atoms with E-state index in [9.17, 15) is 4.79 Å². The molecule has 0 unspecified atom stereocenters. The van der Waals surface area contributed by atoms with Crippen LogP contribution in [-0.4, -0.2) is 12.5 Å². The average molecular weight is 255 g/mol. The zero-order valence-corrected chi connectivity index (χ0v) is 13.5. The number of rotatable bonds is 7. The minimum atomic E-state index is -0.268. The molecule has 2 nitrogen and oxygen atoms in total. The second-order valence-electron chi connectivity index (χ2n) is 7.77. The van der Waals surface area contributed by atoms with Crippen molar-refractivity contribution in [2.75, 3.05) is 6.54 Å². The fourth-order valence-electron chi connectivity index (χ4n) is 2.52. The van der Waals surface area contributed by atoms with Crippen LogP contribution in [-0.2, 0) is 4.79 Å². The van der Waals surface area contributed by atoms with Crippen molar-refractivity contribution in [2.24, 2.45) is 16.7 Å². The third kappa shape index (κ3) is 8.54. The second kappa shape index (κ2) is 7.16. The van der Waals surface area contributed by atoms with Gasteiger partial charge in [0.1, 0.15) is 0 Å². The van der Waals surface area contributed by atoms with Gasteiger partial charge in [0, 0.05) is 12.0 Å². The molecule has 0 rings (SSSR count). The SMILES string of the molecule is CC(C)CCCCNC(=O)C(C)(C)CC(C)(C)C. The van der Waals surface area contributed by atoms with Crippen LogP contribution in [0.5, 0.6) is 0 Å². The van der Waals surface area contributed by atoms with E-state index in [1.165, 1.54) is 12.8 Å². The highest BCUT2D eigenvalue weighted by atomic mass is 16.2. The van der Waals surface area contributed by atoms with Gasteiger partial charge >= 0.3 is 0 Å². The molecule has 0 saturated heterocycles. The van der Waals surface area contributed by atoms with E-state index in [0.717, 1.165) is 25.3 Å². The maximum atomic E-state index is 12.1. The molecule has 0 atom stereocenters. The minimum absolute atomic E-state index is 0.193. The van der Waals surface area contributed by atoms with Crippen LogP contribution in [0.3, 0.4) is 0 Å². The first kappa shape index (κ1) is 17.5. The Hall–Kier alpha value is -0.530. The van der Waals surface area contributed by atoms with Crippen LogP contribution in [0.2, 0.25) is 0 Å². The number of carbonyl (C=O) groups is 1. The smallest absolute Gasteiger partial charge is 0.225 e. The molecule has 0 aliphatic rings. The molecule has 0 heterocycles. The molecule has 0 bridgehead atoms. The summed E-state index contributed by atoms with van der Waals surface area (Å²) in [7, 11) is 0. The van der Waals surface area contributed by atoms with Gasteiger partial charge in [-0.3, -0.25) is 4.79 Å². The van der Waals surface area contributed by atoms with Gasteiger partial charge in [-0.1, -0.05) is 61.3 Å². The molecular formula is C16H33NO. The first-order chi connectivity index (χ1) is 8.04. The number of amides is 1. The lowest BCUT2D eigenvalue weighted by atomic mass is 9.76. The highest BCUT2D eigenvalue weighted by molar-refractivity contribution is 5.81. The van der Waals surface area contributed by atoms with Crippen LogP contribution in [0.15, 0.2) is 0 Å². The normalized spacial score (nSPS) is 12.9. The van der Waals surface area contributed by atoms with Gasteiger partial charge in [-0.15, -0.1) is 0 Å². The largest absolute Gasteiger partial charge is 0.356 e. The average Bonchev–Trinajstić information content (AvgIpc) is 2.12. The molecule has 1 N–H and O–H groups in total. The van der Waals surface area contributed by atoms with Crippen molar-refractivity contribution >= 4 is 5.91 Å². The molecule has 18 heavy (non-hydrogen) atoms. The molecule has 108 valence electrons. The zero-order chi connectivity index (χ0) is 14.4. The molecule has 0 aromatic rings. The second-order valence-corrected chi connectivity index (χ2v) is 7.77. The fraction of sp³-hybridized carbons (Fsp3) is 0.938. The summed E-state index contributed by atoms with van der Waals surface area (Å²) in [6, 6.07) is 0. The van der Waals surface area contributed by atoms with Gasteiger partial charge < -0.3 is 5.32 Å². The van der Waals surface area contributed by atoms with Crippen molar-refractivity contribution in [3.63, 3.8) is 0 Å². The highest BCUT2D eigenvalue weighted by Crippen LogP contribution is 2.33. The van der Waals surface area contributed by atoms with E-state index in [1.807, 2.05) is 13.8 Å². The van der Waals surface area contributed by atoms with Crippen molar-refractivity contribution in [1.82, 2.24) is 5.32 Å². The van der Waals surface area contributed by atoms with Crippen molar-refractivity contribution < 1.29 is 4.79 Å². The Bertz CT molecular complexity index is 248.